The van der Waals surface area contributed by atoms with E-state index in [-0.39, 0.29) is 12.4 Å². The summed E-state index contributed by atoms with van der Waals surface area (Å²) in [6, 6.07) is 0.364. The maximum Gasteiger partial charge on any atom is 0.223 e. The lowest BCUT2D eigenvalue weighted by Crippen LogP contribution is -2.39. The largest absolute Gasteiger partial charge is 0.356 e. The van der Waals surface area contributed by atoms with E-state index in [1.807, 2.05) is 0 Å². The second kappa shape index (κ2) is 6.45. The molecule has 1 amide bonds. The lowest BCUT2D eigenvalue weighted by Gasteiger charge is -2.27. The molecule has 3 saturated carbocycles. The first-order valence-corrected chi connectivity index (χ1v) is 7.77. The van der Waals surface area contributed by atoms with Gasteiger partial charge in [0, 0.05) is 18.5 Å². The minimum absolute atomic E-state index is 0. The lowest BCUT2D eigenvalue weighted by molar-refractivity contribution is -0.126. The molecule has 19 heavy (non-hydrogen) atoms. The van der Waals surface area contributed by atoms with E-state index < -0.39 is 0 Å². The van der Waals surface area contributed by atoms with Crippen molar-refractivity contribution in [1.29, 1.82) is 0 Å². The Kier molecular flexibility index (Phi) is 5.13. The van der Waals surface area contributed by atoms with Crippen LogP contribution in [0, 0.1) is 23.7 Å². The molecule has 3 aliphatic rings. The van der Waals surface area contributed by atoms with Gasteiger partial charge >= 0.3 is 0 Å². The monoisotopic (exact) mass is 286 g/mol. The van der Waals surface area contributed by atoms with Gasteiger partial charge in [0.15, 0.2) is 0 Å². The number of carbonyl (C=O) groups excluding carboxylic acids is 1. The fraction of sp³-hybridized carbons (Fsp3) is 0.933. The summed E-state index contributed by atoms with van der Waals surface area (Å²) >= 11 is 0. The van der Waals surface area contributed by atoms with E-state index in [1.54, 1.807) is 0 Å². The summed E-state index contributed by atoms with van der Waals surface area (Å²) in [5.41, 5.74) is 6.00. The second-order valence-electron chi connectivity index (χ2n) is 6.74. The molecule has 3 fully saturated rings. The molecule has 3 N–H and O–H groups in total. The van der Waals surface area contributed by atoms with Gasteiger partial charge in [-0.05, 0) is 62.7 Å². The van der Waals surface area contributed by atoms with Crippen LogP contribution in [0.2, 0.25) is 0 Å². The number of hydrogen-bond donors (Lipinski definition) is 2. The van der Waals surface area contributed by atoms with Crippen LogP contribution in [-0.2, 0) is 4.79 Å². The Labute approximate surface area is 122 Å². The molecule has 0 aromatic carbocycles. The average Bonchev–Trinajstić information content (AvgIpc) is 3.21. The maximum atomic E-state index is 12.3. The van der Waals surface area contributed by atoms with Crippen LogP contribution in [0.25, 0.3) is 0 Å². The van der Waals surface area contributed by atoms with E-state index in [2.05, 4.69) is 5.32 Å². The van der Waals surface area contributed by atoms with Crippen LogP contribution in [0.3, 0.4) is 0 Å². The number of halogens is 1. The van der Waals surface area contributed by atoms with Crippen LogP contribution < -0.4 is 11.1 Å². The van der Waals surface area contributed by atoms with Gasteiger partial charge in [-0.15, -0.1) is 12.4 Å². The molecular weight excluding hydrogens is 260 g/mol. The summed E-state index contributed by atoms with van der Waals surface area (Å²) in [5.74, 6) is 2.75. The number of nitrogens with one attached hydrogen (secondary N) is 1. The van der Waals surface area contributed by atoms with Crippen LogP contribution in [0.5, 0.6) is 0 Å². The highest BCUT2D eigenvalue weighted by atomic mass is 35.5. The van der Waals surface area contributed by atoms with E-state index in [0.717, 1.165) is 19.4 Å². The third-order valence-corrected chi connectivity index (χ3v) is 4.95. The molecule has 2 atom stereocenters. The summed E-state index contributed by atoms with van der Waals surface area (Å²) in [6.07, 6.45) is 9.86. The Bertz CT molecular complexity index is 303. The van der Waals surface area contributed by atoms with Crippen molar-refractivity contribution in [1.82, 2.24) is 5.32 Å². The van der Waals surface area contributed by atoms with E-state index in [4.69, 9.17) is 5.73 Å². The molecule has 0 radical (unpaired) electrons. The van der Waals surface area contributed by atoms with Crippen molar-refractivity contribution in [3.63, 3.8) is 0 Å². The fourth-order valence-electron chi connectivity index (χ4n) is 3.60. The molecule has 0 spiro atoms. The standard InChI is InChI=1S/C15H26N2O.ClH/c16-13-3-1-2-10(8-13)9-17-15(18)14(11-4-5-11)12-6-7-12;/h10-14H,1-9,16H2,(H,17,18);1H. The molecule has 3 nitrogen and oxygen atoms in total. The number of hydrogen-bond acceptors (Lipinski definition) is 2. The van der Waals surface area contributed by atoms with Crippen LogP contribution in [-0.4, -0.2) is 18.5 Å². The highest BCUT2D eigenvalue weighted by molar-refractivity contribution is 5.85. The molecule has 0 bridgehead atoms. The van der Waals surface area contributed by atoms with Gasteiger partial charge in [0.25, 0.3) is 0 Å². The van der Waals surface area contributed by atoms with Crippen molar-refractivity contribution in [2.24, 2.45) is 29.4 Å². The molecule has 0 aromatic rings. The number of rotatable bonds is 5. The SMILES string of the molecule is Cl.NC1CCCC(CNC(=O)C(C2CC2)C2CC2)C1. The van der Waals surface area contributed by atoms with Gasteiger partial charge in [-0.25, -0.2) is 0 Å². The number of amides is 1. The van der Waals surface area contributed by atoms with E-state index in [1.165, 1.54) is 38.5 Å². The van der Waals surface area contributed by atoms with Gasteiger partial charge in [0.1, 0.15) is 0 Å². The topological polar surface area (TPSA) is 55.1 Å². The summed E-state index contributed by atoms with van der Waals surface area (Å²) in [6.45, 7) is 0.864. The summed E-state index contributed by atoms with van der Waals surface area (Å²) < 4.78 is 0. The second-order valence-corrected chi connectivity index (χ2v) is 6.74. The number of carbonyl (C=O) groups is 1. The maximum absolute atomic E-state index is 12.3. The van der Waals surface area contributed by atoms with Crippen molar-refractivity contribution < 1.29 is 4.79 Å². The lowest BCUT2D eigenvalue weighted by atomic mass is 9.86. The zero-order valence-electron chi connectivity index (χ0n) is 11.6. The Balaban J connectivity index is 0.00000133. The Hall–Kier alpha value is -0.280. The Morgan fingerprint density at radius 3 is 2.26 bits per heavy atom. The van der Waals surface area contributed by atoms with Crippen LogP contribution in [0.15, 0.2) is 0 Å². The van der Waals surface area contributed by atoms with Gasteiger partial charge in [-0.3, -0.25) is 4.79 Å². The first-order chi connectivity index (χ1) is 8.74. The molecule has 0 aromatic heterocycles. The highest BCUT2D eigenvalue weighted by Crippen LogP contribution is 2.49. The molecule has 4 heteroatoms. The van der Waals surface area contributed by atoms with Gasteiger partial charge in [0.05, 0.1) is 0 Å². The summed E-state index contributed by atoms with van der Waals surface area (Å²) in [4.78, 5) is 12.3. The van der Waals surface area contributed by atoms with Crippen molar-refractivity contribution in [2.75, 3.05) is 6.54 Å². The Morgan fingerprint density at radius 2 is 1.74 bits per heavy atom. The minimum atomic E-state index is 0. The normalized spacial score (nSPS) is 30.8. The molecule has 2 unspecified atom stereocenters. The predicted octanol–water partition coefficient (Wildman–Crippen LogP) is 2.48. The van der Waals surface area contributed by atoms with E-state index in [0.29, 0.717) is 35.6 Å². The van der Waals surface area contributed by atoms with Crippen molar-refractivity contribution in [3.05, 3.63) is 0 Å². The first-order valence-electron chi connectivity index (χ1n) is 7.77. The molecule has 0 heterocycles. The van der Waals surface area contributed by atoms with Crippen molar-refractivity contribution in [2.45, 2.75) is 57.4 Å². The third-order valence-electron chi connectivity index (χ3n) is 4.95. The van der Waals surface area contributed by atoms with Crippen LogP contribution >= 0.6 is 12.4 Å². The molecule has 110 valence electrons. The van der Waals surface area contributed by atoms with Gasteiger partial charge in [-0.1, -0.05) is 6.42 Å². The predicted molar refractivity (Wildman–Crippen MR) is 79.1 cm³/mol. The van der Waals surface area contributed by atoms with Crippen LogP contribution in [0.4, 0.5) is 0 Å². The Morgan fingerprint density at radius 1 is 1.11 bits per heavy atom. The first kappa shape index (κ1) is 15.1. The summed E-state index contributed by atoms with van der Waals surface area (Å²) in [7, 11) is 0. The van der Waals surface area contributed by atoms with Crippen molar-refractivity contribution in [3.8, 4) is 0 Å². The smallest absolute Gasteiger partial charge is 0.223 e. The van der Waals surface area contributed by atoms with Gasteiger partial charge in [-0.2, -0.15) is 0 Å². The van der Waals surface area contributed by atoms with Crippen molar-refractivity contribution >= 4 is 18.3 Å². The quantitative estimate of drug-likeness (QED) is 0.816. The van der Waals surface area contributed by atoms with E-state index >= 15 is 0 Å². The van der Waals surface area contributed by atoms with Gasteiger partial charge in [0.2, 0.25) is 5.91 Å². The average molecular weight is 287 g/mol. The summed E-state index contributed by atoms with van der Waals surface area (Å²) in [5, 5.41) is 3.22. The minimum Gasteiger partial charge on any atom is -0.356 e. The molecule has 0 saturated heterocycles. The zero-order valence-corrected chi connectivity index (χ0v) is 12.5. The zero-order chi connectivity index (χ0) is 12.5. The third kappa shape index (κ3) is 4.09. The molecule has 3 rings (SSSR count). The number of nitrogens with two attached hydrogens (primary N) is 1. The van der Waals surface area contributed by atoms with Crippen LogP contribution in [0.1, 0.15) is 51.4 Å². The molecular formula is C15H27ClN2O. The van der Waals surface area contributed by atoms with Gasteiger partial charge < -0.3 is 11.1 Å². The molecule has 0 aliphatic heterocycles. The fourth-order valence-corrected chi connectivity index (χ4v) is 3.60. The van der Waals surface area contributed by atoms with E-state index in [9.17, 15) is 4.79 Å². The molecule has 3 aliphatic carbocycles. The highest BCUT2D eigenvalue weighted by Gasteiger charge is 2.45.